The van der Waals surface area contributed by atoms with Crippen molar-refractivity contribution < 1.29 is 28.7 Å². The van der Waals surface area contributed by atoms with Crippen molar-refractivity contribution in [2.75, 3.05) is 48.0 Å². The van der Waals surface area contributed by atoms with Gasteiger partial charge >= 0.3 is 0 Å². The Morgan fingerprint density at radius 2 is 1.72 bits per heavy atom. The van der Waals surface area contributed by atoms with Crippen LogP contribution in [0.15, 0.2) is 48.5 Å². The third-order valence-electron chi connectivity index (χ3n) is 8.12. The molecule has 2 aromatic rings. The number of carbonyl (C=O) groups excluding carboxylic acids is 5. The normalized spacial score (nSPS) is 27.8. The van der Waals surface area contributed by atoms with Gasteiger partial charge in [-0.15, -0.1) is 0 Å². The molecule has 6 rings (SSSR count). The molecule has 0 bridgehead atoms. The molecule has 0 aromatic heterocycles. The smallest absolute Gasteiger partial charge is 0.253 e. The van der Waals surface area contributed by atoms with Crippen LogP contribution in [0.1, 0.15) is 19.4 Å². The van der Waals surface area contributed by atoms with Gasteiger partial charge in [0.1, 0.15) is 12.1 Å². The van der Waals surface area contributed by atoms with Crippen molar-refractivity contribution in [3.63, 3.8) is 0 Å². The number of nitrogens with zero attached hydrogens (tertiary/aromatic N) is 3. The minimum absolute atomic E-state index is 0.165. The Labute approximate surface area is 225 Å². The van der Waals surface area contributed by atoms with E-state index >= 15 is 0 Å². The van der Waals surface area contributed by atoms with Crippen molar-refractivity contribution in [2.24, 2.45) is 11.8 Å². The molecule has 4 aliphatic rings. The zero-order valence-electron chi connectivity index (χ0n) is 21.7. The first-order valence-electron chi connectivity index (χ1n) is 13.0. The van der Waals surface area contributed by atoms with Crippen molar-refractivity contribution in [2.45, 2.75) is 25.4 Å². The highest BCUT2D eigenvalue weighted by Gasteiger charge is 2.71. The highest BCUT2D eigenvalue weighted by Crippen LogP contribution is 2.55. The predicted octanol–water partition coefficient (Wildman–Crippen LogP) is 0.843. The molecule has 4 atom stereocenters. The van der Waals surface area contributed by atoms with Gasteiger partial charge in [-0.3, -0.25) is 29.3 Å². The molecule has 0 saturated carbocycles. The van der Waals surface area contributed by atoms with Gasteiger partial charge in [0.2, 0.25) is 23.6 Å². The van der Waals surface area contributed by atoms with Crippen molar-refractivity contribution in [3.8, 4) is 0 Å². The van der Waals surface area contributed by atoms with Gasteiger partial charge in [0.05, 0.1) is 30.7 Å². The molecule has 202 valence electrons. The van der Waals surface area contributed by atoms with Crippen LogP contribution in [0.2, 0.25) is 0 Å². The SMILES string of the molecule is CC(=O)Nc1ccc(N2C(=O)[C@@H]3[C@H](C)N[C@]4(C(=O)N(CC(=O)N5CCOCC5)c5ccccc54)[C@@H]3C2=O)cc1. The lowest BCUT2D eigenvalue weighted by Gasteiger charge is -2.31. The van der Waals surface area contributed by atoms with Gasteiger partial charge in [0.25, 0.3) is 5.91 Å². The van der Waals surface area contributed by atoms with E-state index in [1.165, 1.54) is 11.8 Å². The van der Waals surface area contributed by atoms with Crippen molar-refractivity contribution in [3.05, 3.63) is 54.1 Å². The second-order valence-corrected chi connectivity index (χ2v) is 10.4. The molecule has 5 amide bonds. The number of nitrogens with one attached hydrogen (secondary N) is 2. The standard InChI is InChI=1S/C28H29N5O6/c1-16-23-24(26(37)33(25(23)36)19-9-7-18(8-10-19)29-17(2)34)28(30-16)20-5-3-4-6-21(20)32(27(28)38)15-22(35)31-11-13-39-14-12-31/h3-10,16,23-24,30H,11-15H2,1-2H3,(H,29,34)/t16-,23+,24-,28-/m0/s1. The average molecular weight is 532 g/mol. The lowest BCUT2D eigenvalue weighted by molar-refractivity contribution is -0.136. The molecule has 4 heterocycles. The van der Waals surface area contributed by atoms with E-state index in [0.29, 0.717) is 48.9 Å². The monoisotopic (exact) mass is 531 g/mol. The predicted molar refractivity (Wildman–Crippen MR) is 141 cm³/mol. The maximum Gasteiger partial charge on any atom is 0.253 e. The van der Waals surface area contributed by atoms with Crippen LogP contribution in [-0.2, 0) is 34.2 Å². The van der Waals surface area contributed by atoms with Crippen molar-refractivity contribution >= 4 is 46.6 Å². The summed E-state index contributed by atoms with van der Waals surface area (Å²) < 4.78 is 5.35. The third kappa shape index (κ3) is 3.75. The van der Waals surface area contributed by atoms with E-state index in [4.69, 9.17) is 4.74 Å². The summed E-state index contributed by atoms with van der Waals surface area (Å²) in [7, 11) is 0. The average Bonchev–Trinajstić information content (AvgIpc) is 3.48. The molecular formula is C28H29N5O6. The van der Waals surface area contributed by atoms with Crippen LogP contribution in [0.4, 0.5) is 17.1 Å². The number of benzene rings is 2. The zero-order chi connectivity index (χ0) is 27.5. The minimum atomic E-state index is -1.47. The number of ether oxygens (including phenoxy) is 1. The highest BCUT2D eigenvalue weighted by atomic mass is 16.5. The summed E-state index contributed by atoms with van der Waals surface area (Å²) in [4.78, 5) is 70.8. The lowest BCUT2D eigenvalue weighted by Crippen LogP contribution is -2.56. The van der Waals surface area contributed by atoms with Gasteiger partial charge in [-0.05, 0) is 37.3 Å². The van der Waals surface area contributed by atoms with Crippen LogP contribution < -0.4 is 20.4 Å². The Hall–Kier alpha value is -4.09. The maximum atomic E-state index is 14.3. The minimum Gasteiger partial charge on any atom is -0.378 e. The van der Waals surface area contributed by atoms with Crippen LogP contribution in [0.5, 0.6) is 0 Å². The van der Waals surface area contributed by atoms with E-state index in [1.54, 1.807) is 60.4 Å². The van der Waals surface area contributed by atoms with Gasteiger partial charge in [0.15, 0.2) is 0 Å². The number of fused-ring (bicyclic) bond motifs is 4. The fraction of sp³-hybridized carbons (Fsp3) is 0.393. The Bertz CT molecular complexity index is 1390. The zero-order valence-corrected chi connectivity index (χ0v) is 21.7. The van der Waals surface area contributed by atoms with E-state index in [2.05, 4.69) is 10.6 Å². The fourth-order valence-electron chi connectivity index (χ4n) is 6.47. The molecule has 0 radical (unpaired) electrons. The highest BCUT2D eigenvalue weighted by molar-refractivity contribution is 6.26. The van der Waals surface area contributed by atoms with E-state index in [0.717, 1.165) is 4.90 Å². The molecule has 39 heavy (non-hydrogen) atoms. The van der Waals surface area contributed by atoms with Gasteiger partial charge in [0, 0.05) is 43.0 Å². The van der Waals surface area contributed by atoms with Crippen molar-refractivity contribution in [1.82, 2.24) is 10.2 Å². The third-order valence-corrected chi connectivity index (χ3v) is 8.12. The molecule has 4 aliphatic heterocycles. The molecule has 11 heteroatoms. The van der Waals surface area contributed by atoms with Crippen LogP contribution in [0.25, 0.3) is 0 Å². The summed E-state index contributed by atoms with van der Waals surface area (Å²) in [6.45, 7) is 4.83. The topological polar surface area (TPSA) is 128 Å². The summed E-state index contributed by atoms with van der Waals surface area (Å²) >= 11 is 0. The molecule has 0 aliphatic carbocycles. The van der Waals surface area contributed by atoms with Gasteiger partial charge in [-0.1, -0.05) is 18.2 Å². The van der Waals surface area contributed by atoms with Crippen molar-refractivity contribution in [1.29, 1.82) is 0 Å². The number of hydrogen-bond acceptors (Lipinski definition) is 7. The van der Waals surface area contributed by atoms with E-state index in [-0.39, 0.29) is 24.3 Å². The number of para-hydroxylation sites is 1. The Morgan fingerprint density at radius 1 is 1.03 bits per heavy atom. The summed E-state index contributed by atoms with van der Waals surface area (Å²) in [5.41, 5.74) is 0.589. The van der Waals surface area contributed by atoms with Gasteiger partial charge in [-0.25, -0.2) is 4.90 Å². The van der Waals surface area contributed by atoms with Gasteiger partial charge in [-0.2, -0.15) is 0 Å². The van der Waals surface area contributed by atoms with E-state index in [1.807, 2.05) is 0 Å². The summed E-state index contributed by atoms with van der Waals surface area (Å²) in [6.07, 6.45) is 0. The summed E-state index contributed by atoms with van der Waals surface area (Å²) in [5.74, 6) is -3.44. The number of imide groups is 1. The van der Waals surface area contributed by atoms with E-state index in [9.17, 15) is 24.0 Å². The van der Waals surface area contributed by atoms with Gasteiger partial charge < -0.3 is 19.9 Å². The number of amides is 5. The first-order valence-corrected chi connectivity index (χ1v) is 13.0. The fourth-order valence-corrected chi connectivity index (χ4v) is 6.47. The number of rotatable bonds is 4. The Morgan fingerprint density at radius 3 is 2.41 bits per heavy atom. The molecule has 2 N–H and O–H groups in total. The Kier molecular flexibility index (Phi) is 6.00. The molecule has 2 aromatic carbocycles. The quantitative estimate of drug-likeness (QED) is 0.560. The number of morpholine rings is 1. The maximum absolute atomic E-state index is 14.3. The number of hydrogen-bond donors (Lipinski definition) is 2. The lowest BCUT2D eigenvalue weighted by atomic mass is 9.76. The van der Waals surface area contributed by atoms with Crippen LogP contribution >= 0.6 is 0 Å². The van der Waals surface area contributed by atoms with Crippen LogP contribution in [-0.4, -0.2) is 73.3 Å². The second-order valence-electron chi connectivity index (χ2n) is 10.4. The first-order chi connectivity index (χ1) is 18.7. The molecule has 3 fully saturated rings. The molecule has 3 saturated heterocycles. The molecular weight excluding hydrogens is 502 g/mol. The Balaban J connectivity index is 1.36. The van der Waals surface area contributed by atoms with E-state index < -0.39 is 35.2 Å². The number of carbonyl (C=O) groups is 5. The number of anilines is 3. The van der Waals surface area contributed by atoms with Crippen LogP contribution in [0, 0.1) is 11.8 Å². The molecule has 0 unspecified atom stereocenters. The largest absolute Gasteiger partial charge is 0.378 e. The second kappa shape index (κ2) is 9.28. The van der Waals surface area contributed by atoms with Crippen LogP contribution in [0.3, 0.4) is 0 Å². The molecule has 1 spiro atoms. The summed E-state index contributed by atoms with van der Waals surface area (Å²) in [5, 5.41) is 6.00. The molecule has 11 nitrogen and oxygen atoms in total. The first kappa shape index (κ1) is 25.2. The summed E-state index contributed by atoms with van der Waals surface area (Å²) in [6, 6.07) is 13.1.